The number of rotatable bonds is 2. The van der Waals surface area contributed by atoms with E-state index in [1.54, 1.807) is 13.8 Å². The second kappa shape index (κ2) is 5.22. The maximum atomic E-state index is 11.5. The summed E-state index contributed by atoms with van der Waals surface area (Å²) < 4.78 is 0. The van der Waals surface area contributed by atoms with Crippen molar-refractivity contribution in [2.75, 3.05) is 0 Å². The number of aliphatic hydroxyl groups is 1. The molecule has 17 heavy (non-hydrogen) atoms. The summed E-state index contributed by atoms with van der Waals surface area (Å²) in [5.74, 6) is -0.0617. The first-order valence-electron chi connectivity index (χ1n) is 5.26. The summed E-state index contributed by atoms with van der Waals surface area (Å²) >= 11 is 0. The van der Waals surface area contributed by atoms with Crippen molar-refractivity contribution in [2.45, 2.75) is 26.4 Å². The van der Waals surface area contributed by atoms with Crippen LogP contribution in [-0.4, -0.2) is 15.9 Å². The van der Waals surface area contributed by atoms with Gasteiger partial charge in [0.05, 0.1) is 11.3 Å². The van der Waals surface area contributed by atoms with Crippen LogP contribution in [0.3, 0.4) is 0 Å². The van der Waals surface area contributed by atoms with Crippen LogP contribution in [0.5, 0.6) is 0 Å². The van der Waals surface area contributed by atoms with Crippen molar-refractivity contribution in [3.63, 3.8) is 0 Å². The zero-order valence-electron chi connectivity index (χ0n) is 10.2. The first-order valence-corrected chi connectivity index (χ1v) is 5.26. The molecule has 2 aromatic rings. The number of ketones is 1. The van der Waals surface area contributed by atoms with Crippen LogP contribution in [0.1, 0.15) is 36.8 Å². The number of H-pyrrole nitrogens is 1. The number of fused-ring (bicyclic) bond motifs is 1. The third kappa shape index (κ3) is 2.81. The maximum absolute atomic E-state index is 11.5. The van der Waals surface area contributed by atoms with Crippen LogP contribution in [0.2, 0.25) is 0 Å². The van der Waals surface area contributed by atoms with E-state index in [4.69, 9.17) is 0 Å². The van der Waals surface area contributed by atoms with Crippen molar-refractivity contribution in [3.05, 3.63) is 35.5 Å². The van der Waals surface area contributed by atoms with E-state index in [9.17, 15) is 9.90 Å². The van der Waals surface area contributed by atoms with Crippen molar-refractivity contribution in [2.24, 2.45) is 0 Å². The van der Waals surface area contributed by atoms with Crippen LogP contribution in [0.15, 0.2) is 24.3 Å². The molecule has 0 aliphatic rings. The third-order valence-corrected chi connectivity index (χ3v) is 2.67. The van der Waals surface area contributed by atoms with E-state index < -0.39 is 5.60 Å². The average Bonchev–Trinajstić information content (AvgIpc) is 2.55. The SMILES string of the molecule is CC(=O)c1[nH]c2ccccc2c1C(C)(C)O.[Ac]. The molecule has 0 aliphatic heterocycles. The third-order valence-electron chi connectivity index (χ3n) is 2.67. The largest absolute Gasteiger partial charge is 0.386 e. The Kier molecular flexibility index (Phi) is 4.57. The van der Waals surface area contributed by atoms with Crippen LogP contribution >= 0.6 is 0 Å². The van der Waals surface area contributed by atoms with Gasteiger partial charge in [0.15, 0.2) is 5.78 Å². The molecule has 4 heteroatoms. The Labute approximate surface area is 136 Å². The van der Waals surface area contributed by atoms with E-state index >= 15 is 0 Å². The van der Waals surface area contributed by atoms with Crippen LogP contribution in [0.4, 0.5) is 0 Å². The fourth-order valence-electron chi connectivity index (χ4n) is 2.04. The fraction of sp³-hybridized carbons (Fsp3) is 0.308. The molecule has 1 radical (unpaired) electrons. The number of para-hydroxylation sites is 1. The Bertz CT molecular complexity index is 552. The molecule has 1 aromatic heterocycles. The Hall–Kier alpha value is -0.168. The Balaban J connectivity index is 0.00000144. The van der Waals surface area contributed by atoms with Gasteiger partial charge in [-0.2, -0.15) is 0 Å². The van der Waals surface area contributed by atoms with Crippen molar-refractivity contribution < 1.29 is 54.0 Å². The van der Waals surface area contributed by atoms with Gasteiger partial charge in [-0.25, -0.2) is 0 Å². The number of aromatic amines is 1. The molecule has 0 bridgehead atoms. The number of carbonyl (C=O) groups excluding carboxylic acids is 1. The van der Waals surface area contributed by atoms with Gasteiger partial charge in [-0.15, -0.1) is 0 Å². The molecular weight excluding hydrogens is 429 g/mol. The van der Waals surface area contributed by atoms with Crippen molar-refractivity contribution >= 4 is 16.7 Å². The molecular formula is C13H15AcNO2. The number of carbonyl (C=O) groups is 1. The van der Waals surface area contributed by atoms with Gasteiger partial charge in [-0.3, -0.25) is 4.79 Å². The van der Waals surface area contributed by atoms with Gasteiger partial charge < -0.3 is 10.1 Å². The molecule has 3 nitrogen and oxygen atoms in total. The zero-order valence-corrected chi connectivity index (χ0v) is 15.0. The molecule has 0 spiro atoms. The van der Waals surface area contributed by atoms with E-state index in [1.807, 2.05) is 24.3 Å². The quantitative estimate of drug-likeness (QED) is 0.700. The minimum absolute atomic E-state index is 0. The van der Waals surface area contributed by atoms with Gasteiger partial charge in [0.25, 0.3) is 0 Å². The number of aromatic nitrogens is 1. The normalized spacial score (nSPS) is 11.3. The van der Waals surface area contributed by atoms with Gasteiger partial charge in [-0.05, 0) is 19.9 Å². The Morgan fingerprint density at radius 1 is 1.29 bits per heavy atom. The van der Waals surface area contributed by atoms with E-state index in [-0.39, 0.29) is 49.8 Å². The molecule has 0 amide bonds. The van der Waals surface area contributed by atoms with E-state index in [0.717, 1.165) is 10.9 Å². The molecule has 0 atom stereocenters. The molecule has 0 saturated carbocycles. The smallest absolute Gasteiger partial charge is 0.176 e. The Morgan fingerprint density at radius 3 is 2.41 bits per heavy atom. The number of nitrogens with one attached hydrogen (secondary N) is 1. The first kappa shape index (κ1) is 14.9. The maximum Gasteiger partial charge on any atom is 0.176 e. The van der Waals surface area contributed by atoms with Crippen LogP contribution < -0.4 is 0 Å². The standard InChI is InChI=1S/C13H15NO2.Ac/c1-8(15)12-11(13(2,3)16)9-6-4-5-7-10(9)14-12;/h4-7,14,16H,1-3H3;. The van der Waals surface area contributed by atoms with Gasteiger partial charge in [-0.1, -0.05) is 18.2 Å². The van der Waals surface area contributed by atoms with E-state index in [0.29, 0.717) is 11.3 Å². The minimum Gasteiger partial charge on any atom is -0.386 e. The summed E-state index contributed by atoms with van der Waals surface area (Å²) in [6.45, 7) is 4.88. The Morgan fingerprint density at radius 2 is 1.88 bits per heavy atom. The first-order chi connectivity index (χ1) is 7.41. The molecule has 0 fully saturated rings. The second-order valence-corrected chi connectivity index (χ2v) is 4.54. The van der Waals surface area contributed by atoms with Crippen molar-refractivity contribution in [1.82, 2.24) is 4.98 Å². The number of hydrogen-bond donors (Lipinski definition) is 2. The molecule has 87 valence electrons. The second-order valence-electron chi connectivity index (χ2n) is 4.54. The van der Waals surface area contributed by atoms with E-state index in [2.05, 4.69) is 4.98 Å². The molecule has 0 unspecified atom stereocenters. The summed E-state index contributed by atoms with van der Waals surface area (Å²) in [6, 6.07) is 7.61. The predicted molar refractivity (Wildman–Crippen MR) is 63.5 cm³/mol. The van der Waals surface area contributed by atoms with Gasteiger partial charge in [0.2, 0.25) is 0 Å². The zero-order chi connectivity index (χ0) is 11.9. The molecule has 1 heterocycles. The monoisotopic (exact) mass is 444 g/mol. The van der Waals surface area contributed by atoms with Gasteiger partial charge >= 0.3 is 0 Å². The molecule has 1 aromatic carbocycles. The van der Waals surface area contributed by atoms with Crippen LogP contribution in [0, 0.1) is 44.1 Å². The minimum atomic E-state index is -1.03. The predicted octanol–water partition coefficient (Wildman–Crippen LogP) is 2.60. The van der Waals surface area contributed by atoms with Gasteiger partial charge in [0, 0.05) is 67.5 Å². The average molecular weight is 444 g/mol. The number of benzene rings is 1. The fourth-order valence-corrected chi connectivity index (χ4v) is 2.04. The van der Waals surface area contributed by atoms with Gasteiger partial charge in [0.1, 0.15) is 0 Å². The molecule has 2 N–H and O–H groups in total. The summed E-state index contributed by atoms with van der Waals surface area (Å²) in [4.78, 5) is 14.6. The summed E-state index contributed by atoms with van der Waals surface area (Å²) in [6.07, 6.45) is 0. The molecule has 0 saturated heterocycles. The number of Topliss-reactive ketones (excluding diaryl/α,β-unsaturated/α-hetero) is 1. The van der Waals surface area contributed by atoms with Crippen molar-refractivity contribution in [3.8, 4) is 0 Å². The topological polar surface area (TPSA) is 53.1 Å². The molecule has 0 aliphatic carbocycles. The molecule has 2 rings (SSSR count). The van der Waals surface area contributed by atoms with Crippen LogP contribution in [-0.2, 0) is 5.60 Å². The number of hydrogen-bond acceptors (Lipinski definition) is 2. The van der Waals surface area contributed by atoms with Crippen LogP contribution in [0.25, 0.3) is 10.9 Å². The summed E-state index contributed by atoms with van der Waals surface area (Å²) in [5, 5.41) is 11.0. The van der Waals surface area contributed by atoms with Crippen molar-refractivity contribution in [1.29, 1.82) is 0 Å². The van der Waals surface area contributed by atoms with E-state index in [1.165, 1.54) is 6.92 Å². The summed E-state index contributed by atoms with van der Waals surface area (Å²) in [7, 11) is 0. The summed E-state index contributed by atoms with van der Waals surface area (Å²) in [5.41, 5.74) is 1.02.